The van der Waals surface area contributed by atoms with E-state index in [-0.39, 0.29) is 31.7 Å². The van der Waals surface area contributed by atoms with E-state index in [0.29, 0.717) is 6.42 Å². The number of amides is 2. The fraction of sp³-hybridized carbons (Fsp3) is 0.600. The second-order valence-electron chi connectivity index (χ2n) is 5.71. The van der Waals surface area contributed by atoms with Crippen LogP contribution in [0.2, 0.25) is 0 Å². The maximum atomic E-state index is 13.2. The van der Waals surface area contributed by atoms with Gasteiger partial charge in [0.05, 0.1) is 12.5 Å². The third kappa shape index (κ3) is 4.74. The highest BCUT2D eigenvalue weighted by molar-refractivity contribution is 5.77. The van der Waals surface area contributed by atoms with Crippen molar-refractivity contribution >= 4 is 11.8 Å². The van der Waals surface area contributed by atoms with E-state index in [4.69, 9.17) is 4.42 Å². The van der Waals surface area contributed by atoms with Crippen LogP contribution in [-0.4, -0.2) is 41.5 Å². The number of furan rings is 1. The molecule has 1 aliphatic heterocycles. The minimum Gasteiger partial charge on any atom is -0.472 e. The summed E-state index contributed by atoms with van der Waals surface area (Å²) in [4.78, 5) is 24.2. The van der Waals surface area contributed by atoms with Crippen LogP contribution in [0.15, 0.2) is 23.0 Å². The van der Waals surface area contributed by atoms with Gasteiger partial charge in [-0.2, -0.15) is 13.2 Å². The molecular formula is C15H19F3N2O3. The average Bonchev–Trinajstić information content (AvgIpc) is 2.96. The molecule has 1 saturated heterocycles. The zero-order valence-electron chi connectivity index (χ0n) is 12.7. The summed E-state index contributed by atoms with van der Waals surface area (Å²) >= 11 is 0. The van der Waals surface area contributed by atoms with Gasteiger partial charge in [-0.05, 0) is 30.9 Å². The molecule has 1 N–H and O–H groups in total. The van der Waals surface area contributed by atoms with E-state index in [9.17, 15) is 22.8 Å². The van der Waals surface area contributed by atoms with Crippen molar-refractivity contribution in [2.24, 2.45) is 0 Å². The van der Waals surface area contributed by atoms with Crippen molar-refractivity contribution in [2.75, 3.05) is 6.54 Å². The third-order valence-electron chi connectivity index (χ3n) is 3.90. The van der Waals surface area contributed by atoms with Gasteiger partial charge in [0.2, 0.25) is 11.8 Å². The molecule has 1 aromatic heterocycles. The summed E-state index contributed by atoms with van der Waals surface area (Å²) < 4.78 is 44.4. The Labute approximate surface area is 131 Å². The highest BCUT2D eigenvalue weighted by atomic mass is 19.4. The van der Waals surface area contributed by atoms with Crippen LogP contribution < -0.4 is 5.32 Å². The largest absolute Gasteiger partial charge is 0.472 e. The van der Waals surface area contributed by atoms with Crippen LogP contribution in [0, 0.1) is 0 Å². The Kier molecular flexibility index (Phi) is 5.33. The molecule has 0 spiro atoms. The Morgan fingerprint density at radius 1 is 1.39 bits per heavy atom. The van der Waals surface area contributed by atoms with E-state index in [1.165, 1.54) is 19.5 Å². The molecule has 5 nitrogen and oxygen atoms in total. The number of alkyl halides is 3. The SMILES string of the molecule is CC(=O)NC1CCC(C(F)(F)F)N(C(=O)CCc2ccoc2)C1. The van der Waals surface area contributed by atoms with Crippen molar-refractivity contribution in [3.05, 3.63) is 24.2 Å². The maximum Gasteiger partial charge on any atom is 0.408 e. The number of halogens is 3. The van der Waals surface area contributed by atoms with Gasteiger partial charge in [-0.3, -0.25) is 9.59 Å². The number of likely N-dealkylation sites (tertiary alicyclic amines) is 1. The molecule has 0 aromatic carbocycles. The molecule has 0 radical (unpaired) electrons. The summed E-state index contributed by atoms with van der Waals surface area (Å²) in [5.41, 5.74) is 0.761. The van der Waals surface area contributed by atoms with Gasteiger partial charge in [-0.15, -0.1) is 0 Å². The van der Waals surface area contributed by atoms with Gasteiger partial charge in [0, 0.05) is 25.9 Å². The van der Waals surface area contributed by atoms with Gasteiger partial charge in [0.1, 0.15) is 6.04 Å². The number of aryl methyl sites for hydroxylation is 1. The fourth-order valence-electron chi connectivity index (χ4n) is 2.82. The van der Waals surface area contributed by atoms with Crippen molar-refractivity contribution in [1.29, 1.82) is 0 Å². The third-order valence-corrected chi connectivity index (χ3v) is 3.90. The predicted octanol–water partition coefficient (Wildman–Crippen LogP) is 2.27. The highest BCUT2D eigenvalue weighted by Crippen LogP contribution is 2.32. The van der Waals surface area contributed by atoms with Crippen molar-refractivity contribution < 1.29 is 27.2 Å². The van der Waals surface area contributed by atoms with Gasteiger partial charge in [-0.1, -0.05) is 0 Å². The summed E-state index contributed by atoms with van der Waals surface area (Å²) in [6.07, 6.45) is -1.26. The molecule has 1 aliphatic rings. The summed E-state index contributed by atoms with van der Waals surface area (Å²) in [5, 5.41) is 2.59. The number of nitrogens with zero attached hydrogens (tertiary/aromatic N) is 1. The first kappa shape index (κ1) is 17.4. The van der Waals surface area contributed by atoms with E-state index in [2.05, 4.69) is 5.32 Å². The van der Waals surface area contributed by atoms with Crippen molar-refractivity contribution in [3.63, 3.8) is 0 Å². The van der Waals surface area contributed by atoms with Gasteiger partial charge in [0.25, 0.3) is 0 Å². The summed E-state index contributed by atoms with van der Waals surface area (Å²) in [6, 6.07) is -0.557. The molecule has 2 amide bonds. The number of carbonyl (C=O) groups is 2. The van der Waals surface area contributed by atoms with E-state index in [0.717, 1.165) is 10.5 Å². The molecule has 2 unspecified atom stereocenters. The van der Waals surface area contributed by atoms with Crippen LogP contribution >= 0.6 is 0 Å². The number of carbonyl (C=O) groups excluding carboxylic acids is 2. The smallest absolute Gasteiger partial charge is 0.408 e. The Morgan fingerprint density at radius 3 is 2.70 bits per heavy atom. The van der Waals surface area contributed by atoms with Crippen LogP contribution in [0.3, 0.4) is 0 Å². The van der Waals surface area contributed by atoms with Crippen LogP contribution in [-0.2, 0) is 16.0 Å². The van der Waals surface area contributed by atoms with E-state index in [1.807, 2.05) is 0 Å². The van der Waals surface area contributed by atoms with Gasteiger partial charge in [0.15, 0.2) is 0 Å². The number of hydrogen-bond donors (Lipinski definition) is 1. The van der Waals surface area contributed by atoms with Crippen molar-refractivity contribution in [3.8, 4) is 0 Å². The summed E-state index contributed by atoms with van der Waals surface area (Å²) in [5.74, 6) is -0.880. The Morgan fingerprint density at radius 2 is 2.13 bits per heavy atom. The van der Waals surface area contributed by atoms with E-state index >= 15 is 0 Å². The average molecular weight is 332 g/mol. The van der Waals surface area contributed by atoms with E-state index < -0.39 is 24.2 Å². The fourth-order valence-corrected chi connectivity index (χ4v) is 2.82. The molecule has 128 valence electrons. The molecule has 0 bridgehead atoms. The summed E-state index contributed by atoms with van der Waals surface area (Å²) in [7, 11) is 0. The quantitative estimate of drug-likeness (QED) is 0.920. The normalized spacial score (nSPS) is 22.0. The lowest BCUT2D eigenvalue weighted by atomic mass is 9.96. The minimum atomic E-state index is -4.47. The first-order chi connectivity index (χ1) is 10.8. The molecule has 8 heteroatoms. The first-order valence-electron chi connectivity index (χ1n) is 7.41. The Bertz CT molecular complexity index is 543. The zero-order valence-corrected chi connectivity index (χ0v) is 12.7. The predicted molar refractivity (Wildman–Crippen MR) is 75.4 cm³/mol. The number of hydrogen-bond acceptors (Lipinski definition) is 3. The topological polar surface area (TPSA) is 62.6 Å². The second kappa shape index (κ2) is 7.06. The first-order valence-corrected chi connectivity index (χ1v) is 7.41. The minimum absolute atomic E-state index is 0.0289. The van der Waals surface area contributed by atoms with Crippen LogP contribution in [0.25, 0.3) is 0 Å². The molecule has 2 heterocycles. The van der Waals surface area contributed by atoms with Gasteiger partial charge in [-0.25, -0.2) is 0 Å². The van der Waals surface area contributed by atoms with Gasteiger partial charge < -0.3 is 14.6 Å². The van der Waals surface area contributed by atoms with Crippen LogP contribution in [0.1, 0.15) is 31.7 Å². The van der Waals surface area contributed by atoms with Crippen LogP contribution in [0.4, 0.5) is 13.2 Å². The molecule has 0 aliphatic carbocycles. The monoisotopic (exact) mass is 332 g/mol. The molecular weight excluding hydrogens is 313 g/mol. The highest BCUT2D eigenvalue weighted by Gasteiger charge is 2.47. The second-order valence-corrected chi connectivity index (χ2v) is 5.71. The molecule has 23 heavy (non-hydrogen) atoms. The molecule has 1 aromatic rings. The lowest BCUT2D eigenvalue weighted by Crippen LogP contribution is -2.58. The summed E-state index contributed by atoms with van der Waals surface area (Å²) in [6.45, 7) is 1.19. The molecule has 1 fully saturated rings. The molecule has 2 rings (SSSR count). The Hall–Kier alpha value is -1.99. The van der Waals surface area contributed by atoms with Crippen molar-refractivity contribution in [2.45, 2.75) is 50.9 Å². The number of rotatable bonds is 4. The van der Waals surface area contributed by atoms with Crippen LogP contribution in [0.5, 0.6) is 0 Å². The van der Waals surface area contributed by atoms with Crippen molar-refractivity contribution in [1.82, 2.24) is 10.2 Å². The lowest BCUT2D eigenvalue weighted by molar-refractivity contribution is -0.197. The molecule has 2 atom stereocenters. The number of piperidine rings is 1. The Balaban J connectivity index is 2.04. The standard InChI is InChI=1S/C15H19F3N2O3/c1-10(21)19-12-3-4-13(15(16,17)18)20(8-12)14(22)5-2-11-6-7-23-9-11/h6-7,9,12-13H,2-5,8H2,1H3,(H,19,21). The maximum absolute atomic E-state index is 13.2. The zero-order chi connectivity index (χ0) is 17.0. The van der Waals surface area contributed by atoms with Gasteiger partial charge >= 0.3 is 6.18 Å². The lowest BCUT2D eigenvalue weighted by Gasteiger charge is -2.40. The molecule has 0 saturated carbocycles. The van der Waals surface area contributed by atoms with E-state index in [1.54, 1.807) is 6.07 Å². The number of nitrogens with one attached hydrogen (secondary N) is 1.